The Balaban J connectivity index is 2.07. The van der Waals surface area contributed by atoms with Gasteiger partial charge in [0, 0.05) is 13.3 Å². The lowest BCUT2D eigenvalue weighted by Crippen LogP contribution is -2.09. The van der Waals surface area contributed by atoms with Gasteiger partial charge in [-0.1, -0.05) is 0 Å². The maximum Gasteiger partial charge on any atom is 0.357 e. The summed E-state index contributed by atoms with van der Waals surface area (Å²) in [6.07, 6.45) is 3.08. The summed E-state index contributed by atoms with van der Waals surface area (Å²) in [5.41, 5.74) is 0. The fraction of sp³-hybridized carbons (Fsp3) is 0.167. The molecule has 2 aromatic rings. The summed E-state index contributed by atoms with van der Waals surface area (Å²) in [5, 5.41) is 1.75. The molecule has 6 heteroatoms. The Morgan fingerprint density at radius 3 is 3.06 bits per heavy atom. The Kier molecular flexibility index (Phi) is 4.27. The fourth-order valence-electron chi connectivity index (χ4n) is 1.24. The van der Waals surface area contributed by atoms with Crippen LogP contribution in [0.4, 0.5) is 0 Å². The van der Waals surface area contributed by atoms with Gasteiger partial charge in [0.2, 0.25) is 0 Å². The number of rotatable bonds is 5. The summed E-state index contributed by atoms with van der Waals surface area (Å²) in [6, 6.07) is 5.05. The van der Waals surface area contributed by atoms with Gasteiger partial charge in [0.15, 0.2) is 11.7 Å². The molecule has 18 heavy (non-hydrogen) atoms. The molecule has 0 amide bonds. The number of aromatic nitrogens is 1. The van der Waals surface area contributed by atoms with Crippen LogP contribution in [0.5, 0.6) is 11.5 Å². The van der Waals surface area contributed by atoms with Crippen molar-refractivity contribution in [2.45, 2.75) is 0 Å². The van der Waals surface area contributed by atoms with E-state index >= 15 is 0 Å². The number of methoxy groups -OCH3 is 1. The highest BCUT2D eigenvalue weighted by Crippen LogP contribution is 2.26. The average Bonchev–Trinajstić information content (AvgIpc) is 2.86. The number of thiophene rings is 1. The molecule has 0 N–H and O–H groups in total. The van der Waals surface area contributed by atoms with Crippen molar-refractivity contribution in [3.05, 3.63) is 40.8 Å². The van der Waals surface area contributed by atoms with Crippen LogP contribution in [0.25, 0.3) is 0 Å². The predicted octanol–water partition coefficient (Wildman–Crippen LogP) is 2.34. The third-order valence-electron chi connectivity index (χ3n) is 1.99. The SMILES string of the molecule is COCOc1ccsc1C(=O)Oc1cccnc1. The molecule has 2 heterocycles. The summed E-state index contributed by atoms with van der Waals surface area (Å²) in [7, 11) is 1.51. The van der Waals surface area contributed by atoms with Crippen molar-refractivity contribution in [3.8, 4) is 11.5 Å². The van der Waals surface area contributed by atoms with E-state index in [1.807, 2.05) is 0 Å². The zero-order valence-corrected chi connectivity index (χ0v) is 10.5. The number of ether oxygens (including phenoxy) is 3. The molecular weight excluding hydrogens is 254 g/mol. The van der Waals surface area contributed by atoms with Crippen LogP contribution in [0.3, 0.4) is 0 Å². The third-order valence-corrected chi connectivity index (χ3v) is 2.87. The van der Waals surface area contributed by atoms with E-state index in [0.717, 1.165) is 0 Å². The monoisotopic (exact) mass is 265 g/mol. The number of nitrogens with zero attached hydrogens (tertiary/aromatic N) is 1. The van der Waals surface area contributed by atoms with Gasteiger partial charge < -0.3 is 14.2 Å². The van der Waals surface area contributed by atoms with Crippen molar-refractivity contribution in [2.24, 2.45) is 0 Å². The summed E-state index contributed by atoms with van der Waals surface area (Å²) in [4.78, 5) is 16.2. The number of pyridine rings is 1. The molecule has 2 aromatic heterocycles. The van der Waals surface area contributed by atoms with Crippen LogP contribution in [0, 0.1) is 0 Å². The summed E-state index contributed by atoms with van der Waals surface area (Å²) in [6.45, 7) is 0.0872. The van der Waals surface area contributed by atoms with Crippen LogP contribution < -0.4 is 9.47 Å². The van der Waals surface area contributed by atoms with Crippen molar-refractivity contribution in [2.75, 3.05) is 13.9 Å². The minimum Gasteiger partial charge on any atom is -0.466 e. The normalized spacial score (nSPS) is 10.1. The average molecular weight is 265 g/mol. The van der Waals surface area contributed by atoms with Gasteiger partial charge in [-0.25, -0.2) is 4.79 Å². The number of esters is 1. The first-order valence-electron chi connectivity index (χ1n) is 5.12. The lowest BCUT2D eigenvalue weighted by atomic mass is 10.4. The molecule has 0 aliphatic carbocycles. The van der Waals surface area contributed by atoms with Crippen LogP contribution in [0.15, 0.2) is 36.0 Å². The molecule has 0 saturated carbocycles. The van der Waals surface area contributed by atoms with Gasteiger partial charge in [0.1, 0.15) is 11.5 Å². The molecule has 0 radical (unpaired) electrons. The highest BCUT2D eigenvalue weighted by atomic mass is 32.1. The van der Waals surface area contributed by atoms with E-state index in [9.17, 15) is 4.79 Å². The second kappa shape index (κ2) is 6.13. The van der Waals surface area contributed by atoms with Crippen LogP contribution >= 0.6 is 11.3 Å². The molecule has 0 aromatic carbocycles. The van der Waals surface area contributed by atoms with Gasteiger partial charge in [-0.05, 0) is 23.6 Å². The van der Waals surface area contributed by atoms with Gasteiger partial charge in [-0.2, -0.15) is 0 Å². The topological polar surface area (TPSA) is 57.7 Å². The first-order valence-corrected chi connectivity index (χ1v) is 6.00. The highest BCUT2D eigenvalue weighted by Gasteiger charge is 2.16. The molecule has 0 unspecified atom stereocenters. The van der Waals surface area contributed by atoms with E-state index < -0.39 is 5.97 Å². The first kappa shape index (κ1) is 12.5. The Labute approximate surface area is 108 Å². The Bertz CT molecular complexity index is 512. The van der Waals surface area contributed by atoms with Crippen LogP contribution in [0.2, 0.25) is 0 Å². The molecular formula is C12H11NO4S. The third kappa shape index (κ3) is 3.06. The van der Waals surface area contributed by atoms with Crippen molar-refractivity contribution < 1.29 is 19.0 Å². The minimum absolute atomic E-state index is 0.0872. The fourth-order valence-corrected chi connectivity index (χ4v) is 1.95. The highest BCUT2D eigenvalue weighted by molar-refractivity contribution is 7.12. The molecule has 0 bridgehead atoms. The van der Waals surface area contributed by atoms with Crippen molar-refractivity contribution in [1.29, 1.82) is 0 Å². The molecule has 2 rings (SSSR count). The zero-order valence-electron chi connectivity index (χ0n) is 9.66. The predicted molar refractivity (Wildman–Crippen MR) is 66.0 cm³/mol. The molecule has 0 aliphatic rings. The largest absolute Gasteiger partial charge is 0.466 e. The zero-order chi connectivity index (χ0) is 12.8. The second-order valence-corrected chi connectivity index (χ2v) is 4.16. The van der Waals surface area contributed by atoms with Crippen molar-refractivity contribution in [1.82, 2.24) is 4.98 Å². The standard InChI is InChI=1S/C12H11NO4S/c1-15-8-16-10-4-6-18-11(10)12(14)17-9-3-2-5-13-7-9/h2-7H,8H2,1H3. The lowest BCUT2D eigenvalue weighted by molar-refractivity contribution is 0.0494. The molecule has 0 fully saturated rings. The van der Waals surface area contributed by atoms with Crippen LogP contribution in [-0.4, -0.2) is 24.9 Å². The first-order chi connectivity index (χ1) is 8.81. The van der Waals surface area contributed by atoms with Gasteiger partial charge >= 0.3 is 5.97 Å². The maximum atomic E-state index is 11.9. The molecule has 0 saturated heterocycles. The number of carbonyl (C=O) groups is 1. The van der Waals surface area contributed by atoms with Gasteiger partial charge in [-0.15, -0.1) is 11.3 Å². The Morgan fingerprint density at radius 1 is 1.44 bits per heavy atom. The molecule has 94 valence electrons. The van der Waals surface area contributed by atoms with E-state index in [1.54, 1.807) is 29.8 Å². The Morgan fingerprint density at radius 2 is 2.33 bits per heavy atom. The number of carbonyl (C=O) groups excluding carboxylic acids is 1. The number of hydrogen-bond acceptors (Lipinski definition) is 6. The van der Waals surface area contributed by atoms with E-state index in [4.69, 9.17) is 14.2 Å². The Hall–Kier alpha value is -1.92. The lowest BCUT2D eigenvalue weighted by Gasteiger charge is -2.05. The summed E-state index contributed by atoms with van der Waals surface area (Å²) < 4.78 is 15.2. The summed E-state index contributed by atoms with van der Waals surface area (Å²) >= 11 is 1.25. The smallest absolute Gasteiger partial charge is 0.357 e. The molecule has 0 atom stereocenters. The molecule has 0 aliphatic heterocycles. The van der Waals surface area contributed by atoms with Crippen LogP contribution in [-0.2, 0) is 4.74 Å². The quantitative estimate of drug-likeness (QED) is 0.613. The second-order valence-electron chi connectivity index (χ2n) is 3.24. The van der Waals surface area contributed by atoms with Gasteiger partial charge in [0.05, 0.1) is 6.20 Å². The number of hydrogen-bond donors (Lipinski definition) is 0. The minimum atomic E-state index is -0.468. The van der Waals surface area contributed by atoms with E-state index in [1.165, 1.54) is 24.6 Å². The maximum absolute atomic E-state index is 11.9. The molecule has 0 spiro atoms. The van der Waals surface area contributed by atoms with E-state index in [-0.39, 0.29) is 6.79 Å². The molecule has 5 nitrogen and oxygen atoms in total. The van der Waals surface area contributed by atoms with Crippen LogP contribution in [0.1, 0.15) is 9.67 Å². The van der Waals surface area contributed by atoms with E-state index in [0.29, 0.717) is 16.4 Å². The summed E-state index contributed by atoms with van der Waals surface area (Å²) in [5.74, 6) is 0.383. The van der Waals surface area contributed by atoms with Crippen molar-refractivity contribution >= 4 is 17.3 Å². The van der Waals surface area contributed by atoms with E-state index in [2.05, 4.69) is 4.98 Å². The van der Waals surface area contributed by atoms with Gasteiger partial charge in [0.25, 0.3) is 0 Å². The van der Waals surface area contributed by atoms with Gasteiger partial charge in [-0.3, -0.25) is 4.98 Å². The van der Waals surface area contributed by atoms with Crippen molar-refractivity contribution in [3.63, 3.8) is 0 Å².